The van der Waals surface area contributed by atoms with Crippen molar-refractivity contribution in [2.45, 2.75) is 39.2 Å². The van der Waals surface area contributed by atoms with Gasteiger partial charge in [-0.05, 0) is 39.5 Å². The highest BCUT2D eigenvalue weighted by Crippen LogP contribution is 2.20. The quantitative estimate of drug-likeness (QED) is 0.925. The molecular weight excluding hydrogens is 268 g/mol. The minimum absolute atomic E-state index is 0.348. The van der Waals surface area contributed by atoms with Crippen LogP contribution >= 0.6 is 0 Å². The summed E-state index contributed by atoms with van der Waals surface area (Å²) in [5.74, 6) is 1.31. The molecule has 1 N–H and O–H groups in total. The highest BCUT2D eigenvalue weighted by Gasteiger charge is 2.22. The van der Waals surface area contributed by atoms with E-state index < -0.39 is 5.60 Å². The smallest absolute Gasteiger partial charge is 0.407 e. The van der Waals surface area contributed by atoms with E-state index in [1.165, 1.54) is 0 Å². The number of aromatic nitrogens is 2. The van der Waals surface area contributed by atoms with Crippen molar-refractivity contribution >= 4 is 11.9 Å². The monoisotopic (exact) mass is 292 g/mol. The van der Waals surface area contributed by atoms with Crippen molar-refractivity contribution in [3.05, 3.63) is 18.6 Å². The Morgan fingerprint density at radius 3 is 2.95 bits per heavy atom. The average molecular weight is 292 g/mol. The average Bonchev–Trinajstić information content (AvgIpc) is 2.45. The van der Waals surface area contributed by atoms with Gasteiger partial charge < -0.3 is 15.0 Å². The molecule has 1 aliphatic rings. The molecule has 1 fully saturated rings. The SMILES string of the molecule is CC(C)(C)OC(=O)NC[C@@H]1CCCN(c2cnccn2)C1. The Balaban J connectivity index is 1.81. The second-order valence-electron chi connectivity index (χ2n) is 6.40. The molecule has 21 heavy (non-hydrogen) atoms. The Morgan fingerprint density at radius 1 is 1.48 bits per heavy atom. The summed E-state index contributed by atoms with van der Waals surface area (Å²) < 4.78 is 5.25. The van der Waals surface area contributed by atoms with Crippen LogP contribution < -0.4 is 10.2 Å². The second-order valence-corrected chi connectivity index (χ2v) is 6.40. The topological polar surface area (TPSA) is 67.3 Å². The predicted molar refractivity (Wildman–Crippen MR) is 81.2 cm³/mol. The summed E-state index contributed by atoms with van der Waals surface area (Å²) in [6.07, 6.45) is 7.01. The summed E-state index contributed by atoms with van der Waals surface area (Å²) in [7, 11) is 0. The third-order valence-electron chi connectivity index (χ3n) is 3.33. The van der Waals surface area contributed by atoms with E-state index in [4.69, 9.17) is 4.74 Å². The number of piperidine rings is 1. The second kappa shape index (κ2) is 6.74. The Labute approximate surface area is 125 Å². The molecule has 6 heteroatoms. The lowest BCUT2D eigenvalue weighted by molar-refractivity contribution is 0.0517. The molecule has 0 unspecified atom stereocenters. The molecular formula is C15H24N4O2. The molecule has 116 valence electrons. The van der Waals surface area contributed by atoms with E-state index in [0.29, 0.717) is 12.5 Å². The minimum atomic E-state index is -0.456. The summed E-state index contributed by atoms with van der Waals surface area (Å²) in [6.45, 7) is 8.09. The largest absolute Gasteiger partial charge is 0.444 e. The normalized spacial score (nSPS) is 19.2. The summed E-state index contributed by atoms with van der Waals surface area (Å²) in [4.78, 5) is 22.3. The lowest BCUT2D eigenvalue weighted by Crippen LogP contribution is -2.42. The number of amides is 1. The predicted octanol–water partition coefficient (Wildman–Crippen LogP) is 2.22. The fourth-order valence-electron chi connectivity index (χ4n) is 2.44. The van der Waals surface area contributed by atoms with Gasteiger partial charge in [-0.3, -0.25) is 4.98 Å². The molecule has 1 aromatic heterocycles. The van der Waals surface area contributed by atoms with Gasteiger partial charge in [-0.2, -0.15) is 0 Å². The van der Waals surface area contributed by atoms with Gasteiger partial charge in [-0.1, -0.05) is 0 Å². The third kappa shape index (κ3) is 5.21. The van der Waals surface area contributed by atoms with Gasteiger partial charge in [0.25, 0.3) is 0 Å². The molecule has 2 rings (SSSR count). The van der Waals surface area contributed by atoms with Gasteiger partial charge in [0.05, 0.1) is 6.20 Å². The number of nitrogens with zero attached hydrogens (tertiary/aromatic N) is 3. The van der Waals surface area contributed by atoms with Gasteiger partial charge in [0, 0.05) is 32.0 Å². The number of ether oxygens (including phenoxy) is 1. The number of nitrogens with one attached hydrogen (secondary N) is 1. The molecule has 1 atom stereocenters. The van der Waals surface area contributed by atoms with Crippen LogP contribution in [0.3, 0.4) is 0 Å². The van der Waals surface area contributed by atoms with Crippen LogP contribution in [0.1, 0.15) is 33.6 Å². The van der Waals surface area contributed by atoms with Gasteiger partial charge in [-0.15, -0.1) is 0 Å². The number of carbonyl (C=O) groups excluding carboxylic acids is 1. The highest BCUT2D eigenvalue weighted by atomic mass is 16.6. The molecule has 6 nitrogen and oxygen atoms in total. The zero-order chi connectivity index (χ0) is 15.3. The van der Waals surface area contributed by atoms with Crippen molar-refractivity contribution in [2.24, 2.45) is 5.92 Å². The van der Waals surface area contributed by atoms with Gasteiger partial charge in [0.15, 0.2) is 0 Å². The molecule has 0 aromatic carbocycles. The number of alkyl carbamates (subject to hydrolysis) is 1. The van der Waals surface area contributed by atoms with Crippen LogP contribution in [0.4, 0.5) is 10.6 Å². The molecule has 1 aromatic rings. The Bertz CT molecular complexity index is 458. The number of carbonyl (C=O) groups is 1. The van der Waals surface area contributed by atoms with Crippen LogP contribution in [0.5, 0.6) is 0 Å². The van der Waals surface area contributed by atoms with Crippen LogP contribution in [0, 0.1) is 5.92 Å². The maximum absolute atomic E-state index is 11.7. The Hall–Kier alpha value is -1.85. The molecule has 1 aliphatic heterocycles. The van der Waals surface area contributed by atoms with Gasteiger partial charge in [0.1, 0.15) is 11.4 Å². The zero-order valence-corrected chi connectivity index (χ0v) is 13.0. The van der Waals surface area contributed by atoms with E-state index in [2.05, 4.69) is 20.2 Å². The van der Waals surface area contributed by atoms with Crippen molar-refractivity contribution in [3.63, 3.8) is 0 Å². The summed E-state index contributed by atoms with van der Waals surface area (Å²) in [5, 5.41) is 2.86. The van der Waals surface area contributed by atoms with E-state index in [0.717, 1.165) is 31.7 Å². The fraction of sp³-hybridized carbons (Fsp3) is 0.667. The van der Waals surface area contributed by atoms with Gasteiger partial charge in [0.2, 0.25) is 0 Å². The van der Waals surface area contributed by atoms with Crippen molar-refractivity contribution in [2.75, 3.05) is 24.5 Å². The maximum Gasteiger partial charge on any atom is 0.407 e. The van der Waals surface area contributed by atoms with Crippen molar-refractivity contribution in [1.82, 2.24) is 15.3 Å². The van der Waals surface area contributed by atoms with Gasteiger partial charge in [-0.25, -0.2) is 9.78 Å². The van der Waals surface area contributed by atoms with E-state index in [9.17, 15) is 4.79 Å². The summed E-state index contributed by atoms with van der Waals surface area (Å²) in [5.41, 5.74) is -0.456. The van der Waals surface area contributed by atoms with E-state index >= 15 is 0 Å². The summed E-state index contributed by atoms with van der Waals surface area (Å²) >= 11 is 0. The number of hydrogen-bond donors (Lipinski definition) is 1. The zero-order valence-electron chi connectivity index (χ0n) is 13.0. The fourth-order valence-corrected chi connectivity index (χ4v) is 2.44. The van der Waals surface area contributed by atoms with Crippen LogP contribution in [0.15, 0.2) is 18.6 Å². The number of rotatable bonds is 3. The molecule has 0 saturated carbocycles. The van der Waals surface area contributed by atoms with Crippen molar-refractivity contribution in [3.8, 4) is 0 Å². The maximum atomic E-state index is 11.7. The molecule has 1 amide bonds. The minimum Gasteiger partial charge on any atom is -0.444 e. The first-order valence-electron chi connectivity index (χ1n) is 7.42. The first-order chi connectivity index (χ1) is 9.94. The molecule has 0 radical (unpaired) electrons. The van der Waals surface area contributed by atoms with Crippen LogP contribution in [0.2, 0.25) is 0 Å². The molecule has 0 bridgehead atoms. The summed E-state index contributed by atoms with van der Waals surface area (Å²) in [6, 6.07) is 0. The Morgan fingerprint density at radius 2 is 2.29 bits per heavy atom. The van der Waals surface area contributed by atoms with Crippen LogP contribution in [-0.4, -0.2) is 41.3 Å². The van der Waals surface area contributed by atoms with Crippen LogP contribution in [0.25, 0.3) is 0 Å². The third-order valence-corrected chi connectivity index (χ3v) is 3.33. The highest BCUT2D eigenvalue weighted by molar-refractivity contribution is 5.67. The van der Waals surface area contributed by atoms with Gasteiger partial charge >= 0.3 is 6.09 Å². The van der Waals surface area contributed by atoms with E-state index in [1.807, 2.05) is 20.8 Å². The lowest BCUT2D eigenvalue weighted by Gasteiger charge is -2.33. The van der Waals surface area contributed by atoms with Crippen LogP contribution in [-0.2, 0) is 4.74 Å². The first kappa shape index (κ1) is 15.5. The van der Waals surface area contributed by atoms with Crippen molar-refractivity contribution < 1.29 is 9.53 Å². The number of anilines is 1. The lowest BCUT2D eigenvalue weighted by atomic mass is 9.98. The molecule has 0 spiro atoms. The van der Waals surface area contributed by atoms with Crippen molar-refractivity contribution in [1.29, 1.82) is 0 Å². The Kier molecular flexibility index (Phi) is 4.98. The van der Waals surface area contributed by atoms with E-state index in [1.54, 1.807) is 18.6 Å². The number of hydrogen-bond acceptors (Lipinski definition) is 5. The van der Waals surface area contributed by atoms with E-state index in [-0.39, 0.29) is 6.09 Å². The molecule has 1 saturated heterocycles. The molecule has 2 heterocycles. The first-order valence-corrected chi connectivity index (χ1v) is 7.42. The standard InChI is InChI=1S/C15H24N4O2/c1-15(2,3)21-14(20)18-9-12-5-4-8-19(11-12)13-10-16-6-7-17-13/h6-7,10,12H,4-5,8-9,11H2,1-3H3,(H,18,20)/t12-/m0/s1. The molecule has 0 aliphatic carbocycles.